The van der Waals surface area contributed by atoms with Gasteiger partial charge in [-0.3, -0.25) is 4.99 Å². The Labute approximate surface area is 182 Å². The van der Waals surface area contributed by atoms with Gasteiger partial charge in [0.15, 0.2) is 17.5 Å². The molecule has 1 aliphatic rings. The van der Waals surface area contributed by atoms with Gasteiger partial charge in [-0.15, -0.1) is 34.2 Å². The number of nitrogens with two attached hydrogens (primary N) is 1. The van der Waals surface area contributed by atoms with Gasteiger partial charge in [0.2, 0.25) is 0 Å². The van der Waals surface area contributed by atoms with Gasteiger partial charge in [0.1, 0.15) is 11.6 Å². The molecule has 0 bridgehead atoms. The fourth-order valence-corrected chi connectivity index (χ4v) is 3.27. The number of fused-ring (bicyclic) bond motifs is 1. The summed E-state index contributed by atoms with van der Waals surface area (Å²) in [5.74, 6) is 3.88. The second-order valence-corrected chi connectivity index (χ2v) is 6.56. The molecule has 3 N–H and O–H groups in total. The maximum Gasteiger partial charge on any atom is 0.193 e. The SMILES string of the molecule is COc1ccc(NC(N)=NCCCc2nnc3n2CCCCC3)cc1OC.I. The molecule has 2 aromatic rings. The van der Waals surface area contributed by atoms with Crippen LogP contribution in [-0.2, 0) is 19.4 Å². The Balaban J connectivity index is 0.00000280. The molecular formula is C19H29IN6O2. The van der Waals surface area contributed by atoms with Crippen LogP contribution in [-0.4, -0.2) is 41.5 Å². The molecule has 1 aromatic carbocycles. The van der Waals surface area contributed by atoms with Crippen molar-refractivity contribution in [2.45, 2.75) is 45.1 Å². The molecular weight excluding hydrogens is 471 g/mol. The highest BCUT2D eigenvalue weighted by molar-refractivity contribution is 14.0. The number of aryl methyl sites for hydroxylation is 2. The second-order valence-electron chi connectivity index (χ2n) is 6.56. The molecule has 2 heterocycles. The molecule has 1 aromatic heterocycles. The van der Waals surface area contributed by atoms with E-state index < -0.39 is 0 Å². The minimum Gasteiger partial charge on any atom is -0.493 e. The number of hydrogen-bond acceptors (Lipinski definition) is 5. The summed E-state index contributed by atoms with van der Waals surface area (Å²) in [6, 6.07) is 5.52. The summed E-state index contributed by atoms with van der Waals surface area (Å²) in [6.45, 7) is 1.66. The van der Waals surface area contributed by atoms with Crippen LogP contribution in [0.15, 0.2) is 23.2 Å². The summed E-state index contributed by atoms with van der Waals surface area (Å²) in [7, 11) is 3.21. The lowest BCUT2D eigenvalue weighted by Gasteiger charge is -2.11. The Kier molecular flexibility index (Phi) is 8.81. The standard InChI is InChI=1S/C19H28N6O2.HI/c1-26-15-10-9-14(13-16(15)27-2)22-19(20)21-11-6-8-18-24-23-17-7-4-3-5-12-25(17)18;/h9-10,13H,3-8,11-12H2,1-2H3,(H3,20,21,22);1H. The average molecular weight is 500 g/mol. The van der Waals surface area contributed by atoms with Crippen LogP contribution in [0.3, 0.4) is 0 Å². The molecule has 0 saturated carbocycles. The number of ether oxygens (including phenoxy) is 2. The van der Waals surface area contributed by atoms with Crippen LogP contribution in [0.25, 0.3) is 0 Å². The van der Waals surface area contributed by atoms with Crippen molar-refractivity contribution in [3.63, 3.8) is 0 Å². The lowest BCUT2D eigenvalue weighted by molar-refractivity contribution is 0.355. The van der Waals surface area contributed by atoms with E-state index in [1.165, 1.54) is 19.3 Å². The molecule has 28 heavy (non-hydrogen) atoms. The van der Waals surface area contributed by atoms with Crippen molar-refractivity contribution in [2.75, 3.05) is 26.1 Å². The van der Waals surface area contributed by atoms with E-state index in [-0.39, 0.29) is 24.0 Å². The van der Waals surface area contributed by atoms with E-state index in [1.807, 2.05) is 18.2 Å². The van der Waals surface area contributed by atoms with Gasteiger partial charge in [0, 0.05) is 37.7 Å². The third kappa shape index (κ3) is 5.73. The van der Waals surface area contributed by atoms with Crippen molar-refractivity contribution in [1.82, 2.24) is 14.8 Å². The molecule has 8 nitrogen and oxygen atoms in total. The quantitative estimate of drug-likeness (QED) is 0.263. The van der Waals surface area contributed by atoms with Crippen LogP contribution in [0.1, 0.15) is 37.3 Å². The monoisotopic (exact) mass is 500 g/mol. The van der Waals surface area contributed by atoms with Gasteiger partial charge in [-0.2, -0.15) is 0 Å². The zero-order valence-corrected chi connectivity index (χ0v) is 18.8. The van der Waals surface area contributed by atoms with E-state index in [9.17, 15) is 0 Å². The Morgan fingerprint density at radius 2 is 2.00 bits per heavy atom. The van der Waals surface area contributed by atoms with Crippen LogP contribution < -0.4 is 20.5 Å². The van der Waals surface area contributed by atoms with Crippen molar-refractivity contribution in [1.29, 1.82) is 0 Å². The molecule has 0 unspecified atom stereocenters. The van der Waals surface area contributed by atoms with E-state index in [2.05, 4.69) is 25.1 Å². The summed E-state index contributed by atoms with van der Waals surface area (Å²) >= 11 is 0. The Morgan fingerprint density at radius 1 is 1.18 bits per heavy atom. The minimum absolute atomic E-state index is 0. The highest BCUT2D eigenvalue weighted by atomic mass is 127. The summed E-state index contributed by atoms with van der Waals surface area (Å²) in [4.78, 5) is 4.40. The summed E-state index contributed by atoms with van der Waals surface area (Å²) in [5, 5.41) is 11.8. The number of aromatic nitrogens is 3. The van der Waals surface area contributed by atoms with Gasteiger partial charge in [0.25, 0.3) is 0 Å². The molecule has 3 rings (SSSR count). The predicted molar refractivity (Wildman–Crippen MR) is 121 cm³/mol. The predicted octanol–water partition coefficient (Wildman–Crippen LogP) is 3.00. The van der Waals surface area contributed by atoms with Gasteiger partial charge in [-0.25, -0.2) is 0 Å². The fourth-order valence-electron chi connectivity index (χ4n) is 3.27. The summed E-state index contributed by atoms with van der Waals surface area (Å²) in [5.41, 5.74) is 6.79. The first-order valence-electron chi connectivity index (χ1n) is 9.41. The van der Waals surface area contributed by atoms with Crippen LogP contribution in [0.4, 0.5) is 5.69 Å². The normalized spacial score (nSPS) is 13.9. The van der Waals surface area contributed by atoms with Crippen molar-refractivity contribution in [2.24, 2.45) is 10.7 Å². The molecule has 0 aliphatic carbocycles. The van der Waals surface area contributed by atoms with Gasteiger partial charge in [-0.05, 0) is 31.4 Å². The average Bonchev–Trinajstić information content (AvgIpc) is 2.91. The first-order chi connectivity index (χ1) is 13.2. The van der Waals surface area contributed by atoms with Crippen LogP contribution in [0.2, 0.25) is 0 Å². The highest BCUT2D eigenvalue weighted by Gasteiger charge is 2.14. The van der Waals surface area contributed by atoms with Crippen molar-refractivity contribution in [3.8, 4) is 11.5 Å². The molecule has 154 valence electrons. The van der Waals surface area contributed by atoms with E-state index in [1.54, 1.807) is 14.2 Å². The largest absolute Gasteiger partial charge is 0.493 e. The van der Waals surface area contributed by atoms with Crippen molar-refractivity contribution < 1.29 is 9.47 Å². The number of anilines is 1. The fraction of sp³-hybridized carbons (Fsp3) is 0.526. The number of nitrogens with one attached hydrogen (secondary N) is 1. The number of rotatable bonds is 7. The Bertz CT molecular complexity index is 793. The molecule has 9 heteroatoms. The summed E-state index contributed by atoms with van der Waals surface area (Å²) < 4.78 is 12.8. The molecule has 0 fully saturated rings. The third-order valence-corrected chi connectivity index (χ3v) is 4.68. The lowest BCUT2D eigenvalue weighted by atomic mass is 10.2. The van der Waals surface area contributed by atoms with E-state index in [0.29, 0.717) is 24.0 Å². The topological polar surface area (TPSA) is 99.6 Å². The third-order valence-electron chi connectivity index (χ3n) is 4.68. The molecule has 0 spiro atoms. The number of benzene rings is 1. The van der Waals surface area contributed by atoms with Gasteiger partial charge < -0.3 is 25.1 Å². The maximum absolute atomic E-state index is 5.99. The van der Waals surface area contributed by atoms with E-state index in [4.69, 9.17) is 15.2 Å². The zero-order chi connectivity index (χ0) is 19.1. The minimum atomic E-state index is 0. The number of methoxy groups -OCH3 is 2. The lowest BCUT2D eigenvalue weighted by Crippen LogP contribution is -2.23. The van der Waals surface area contributed by atoms with Crippen LogP contribution in [0, 0.1) is 0 Å². The van der Waals surface area contributed by atoms with Crippen molar-refractivity contribution in [3.05, 3.63) is 29.8 Å². The van der Waals surface area contributed by atoms with Gasteiger partial charge in [-0.1, -0.05) is 6.42 Å². The van der Waals surface area contributed by atoms with Crippen LogP contribution >= 0.6 is 24.0 Å². The zero-order valence-electron chi connectivity index (χ0n) is 16.5. The molecule has 1 aliphatic heterocycles. The number of aliphatic imine (C=N–C) groups is 1. The van der Waals surface area contributed by atoms with Crippen molar-refractivity contribution >= 4 is 35.6 Å². The Hall–Kier alpha value is -2.04. The number of guanidine groups is 1. The van der Waals surface area contributed by atoms with Crippen LogP contribution in [0.5, 0.6) is 11.5 Å². The maximum atomic E-state index is 5.99. The molecule has 0 saturated heterocycles. The molecule has 0 amide bonds. The van der Waals surface area contributed by atoms with Gasteiger partial charge in [0.05, 0.1) is 14.2 Å². The number of halogens is 1. The summed E-state index contributed by atoms with van der Waals surface area (Å²) in [6.07, 6.45) is 6.46. The number of nitrogens with zero attached hydrogens (tertiary/aromatic N) is 4. The van der Waals surface area contributed by atoms with E-state index >= 15 is 0 Å². The second kappa shape index (κ2) is 11.1. The molecule has 0 radical (unpaired) electrons. The molecule has 0 atom stereocenters. The first kappa shape index (κ1) is 22.3. The number of hydrogen-bond donors (Lipinski definition) is 2. The smallest absolute Gasteiger partial charge is 0.193 e. The highest BCUT2D eigenvalue weighted by Crippen LogP contribution is 2.29. The van der Waals surface area contributed by atoms with E-state index in [0.717, 1.165) is 43.1 Å². The van der Waals surface area contributed by atoms with Gasteiger partial charge >= 0.3 is 0 Å². The first-order valence-corrected chi connectivity index (χ1v) is 9.41. The Morgan fingerprint density at radius 3 is 2.79 bits per heavy atom.